The second kappa shape index (κ2) is 5.77. The summed E-state index contributed by atoms with van der Waals surface area (Å²) in [5, 5.41) is 0. The molecule has 1 aromatic heterocycles. The van der Waals surface area contributed by atoms with E-state index in [2.05, 4.69) is 29.2 Å². The Balaban J connectivity index is 1.94. The molecule has 0 aliphatic rings. The highest BCUT2D eigenvalue weighted by molar-refractivity contribution is 5.68. The van der Waals surface area contributed by atoms with Crippen molar-refractivity contribution >= 4 is 0 Å². The van der Waals surface area contributed by atoms with E-state index in [4.69, 9.17) is 5.73 Å². The molecule has 0 fully saturated rings. The molecule has 3 rings (SSSR count). The molecule has 0 aliphatic heterocycles. The molecule has 0 bridgehead atoms. The van der Waals surface area contributed by atoms with Gasteiger partial charge in [-0.2, -0.15) is 0 Å². The fraction of sp³-hybridized carbons (Fsp3) is 0.0556. The Kier molecular flexibility index (Phi) is 3.67. The van der Waals surface area contributed by atoms with Crippen molar-refractivity contribution in [3.63, 3.8) is 0 Å². The molecule has 0 spiro atoms. The van der Waals surface area contributed by atoms with Crippen molar-refractivity contribution in [3.8, 4) is 22.4 Å². The van der Waals surface area contributed by atoms with Gasteiger partial charge in [0.1, 0.15) is 0 Å². The van der Waals surface area contributed by atoms with Crippen molar-refractivity contribution < 1.29 is 0 Å². The van der Waals surface area contributed by atoms with Crippen LogP contribution in [0.1, 0.15) is 5.56 Å². The van der Waals surface area contributed by atoms with Crippen LogP contribution in [0.15, 0.2) is 71.5 Å². The fourth-order valence-electron chi connectivity index (χ4n) is 2.31. The molecule has 3 heteroatoms. The van der Waals surface area contributed by atoms with E-state index in [9.17, 15) is 4.79 Å². The number of aromatic amines is 1. The molecular weight excluding hydrogens is 260 g/mol. The first-order chi connectivity index (χ1) is 10.3. The maximum Gasteiger partial charge on any atom is 0.252 e. The molecule has 0 unspecified atom stereocenters. The van der Waals surface area contributed by atoms with E-state index in [1.807, 2.05) is 36.4 Å². The molecule has 3 aromatic rings. The Bertz CT molecular complexity index is 789. The van der Waals surface area contributed by atoms with Crippen LogP contribution in [0.3, 0.4) is 0 Å². The van der Waals surface area contributed by atoms with Gasteiger partial charge in [0.05, 0.1) is 0 Å². The SMILES string of the molecule is NCc1ccc(-c2ccc(-c3ccccc3)cc2)[nH]c1=O. The van der Waals surface area contributed by atoms with Gasteiger partial charge in [-0.15, -0.1) is 0 Å². The summed E-state index contributed by atoms with van der Waals surface area (Å²) in [6.45, 7) is 0.253. The Morgan fingerprint density at radius 1 is 0.762 bits per heavy atom. The maximum atomic E-state index is 11.8. The van der Waals surface area contributed by atoms with E-state index in [-0.39, 0.29) is 12.1 Å². The van der Waals surface area contributed by atoms with Crippen LogP contribution in [-0.4, -0.2) is 4.98 Å². The average Bonchev–Trinajstić information content (AvgIpc) is 2.56. The van der Waals surface area contributed by atoms with Crippen LogP contribution in [0, 0.1) is 0 Å². The van der Waals surface area contributed by atoms with Gasteiger partial charge in [0.15, 0.2) is 0 Å². The summed E-state index contributed by atoms with van der Waals surface area (Å²) in [6.07, 6.45) is 0. The minimum atomic E-state index is -0.123. The van der Waals surface area contributed by atoms with E-state index >= 15 is 0 Å². The zero-order valence-electron chi connectivity index (χ0n) is 11.5. The monoisotopic (exact) mass is 276 g/mol. The standard InChI is InChI=1S/C18H16N2O/c19-12-16-10-11-17(20-18(16)21)15-8-6-14(7-9-15)13-4-2-1-3-5-13/h1-11H,12,19H2,(H,20,21). The number of nitrogens with one attached hydrogen (secondary N) is 1. The molecule has 104 valence electrons. The van der Waals surface area contributed by atoms with Crippen LogP contribution in [0.25, 0.3) is 22.4 Å². The molecule has 2 aromatic carbocycles. The van der Waals surface area contributed by atoms with E-state index in [0.717, 1.165) is 16.8 Å². The van der Waals surface area contributed by atoms with Crippen LogP contribution in [-0.2, 0) is 6.54 Å². The van der Waals surface area contributed by atoms with Gasteiger partial charge in [0, 0.05) is 17.8 Å². The van der Waals surface area contributed by atoms with Crippen molar-refractivity contribution in [1.82, 2.24) is 4.98 Å². The molecular formula is C18H16N2O. The maximum absolute atomic E-state index is 11.8. The smallest absolute Gasteiger partial charge is 0.252 e. The molecule has 0 atom stereocenters. The minimum absolute atomic E-state index is 0.123. The number of pyridine rings is 1. The number of benzene rings is 2. The quantitative estimate of drug-likeness (QED) is 0.772. The lowest BCUT2D eigenvalue weighted by molar-refractivity contribution is 1.02. The summed E-state index contributed by atoms with van der Waals surface area (Å²) in [6, 6.07) is 22.0. The number of aromatic nitrogens is 1. The molecule has 0 amide bonds. The highest BCUT2D eigenvalue weighted by atomic mass is 16.1. The molecule has 0 aliphatic carbocycles. The third-order valence-corrected chi connectivity index (χ3v) is 3.51. The Hall–Kier alpha value is -2.65. The third kappa shape index (κ3) is 2.78. The zero-order chi connectivity index (χ0) is 14.7. The number of rotatable bonds is 3. The summed E-state index contributed by atoms with van der Waals surface area (Å²) in [5.41, 5.74) is 10.1. The lowest BCUT2D eigenvalue weighted by Crippen LogP contribution is -2.15. The second-order valence-electron chi connectivity index (χ2n) is 4.87. The van der Waals surface area contributed by atoms with Gasteiger partial charge >= 0.3 is 0 Å². The summed E-state index contributed by atoms with van der Waals surface area (Å²) in [5.74, 6) is 0. The Morgan fingerprint density at radius 3 is 2.00 bits per heavy atom. The van der Waals surface area contributed by atoms with Gasteiger partial charge < -0.3 is 10.7 Å². The average molecular weight is 276 g/mol. The van der Waals surface area contributed by atoms with Crippen LogP contribution < -0.4 is 11.3 Å². The number of H-pyrrole nitrogens is 1. The van der Waals surface area contributed by atoms with Crippen molar-refractivity contribution in [2.75, 3.05) is 0 Å². The first-order valence-corrected chi connectivity index (χ1v) is 6.86. The van der Waals surface area contributed by atoms with Gasteiger partial charge in [0.25, 0.3) is 5.56 Å². The highest BCUT2D eigenvalue weighted by Gasteiger charge is 2.03. The molecule has 0 saturated carbocycles. The first-order valence-electron chi connectivity index (χ1n) is 6.86. The number of nitrogens with two attached hydrogens (primary N) is 1. The van der Waals surface area contributed by atoms with Gasteiger partial charge in [0.2, 0.25) is 0 Å². The number of hydrogen-bond acceptors (Lipinski definition) is 2. The summed E-state index contributed by atoms with van der Waals surface area (Å²) in [4.78, 5) is 14.7. The minimum Gasteiger partial charge on any atom is -0.326 e. The first kappa shape index (κ1) is 13.3. The van der Waals surface area contributed by atoms with Crippen molar-refractivity contribution in [2.24, 2.45) is 5.73 Å². The van der Waals surface area contributed by atoms with E-state index < -0.39 is 0 Å². The second-order valence-corrected chi connectivity index (χ2v) is 4.87. The van der Waals surface area contributed by atoms with E-state index in [0.29, 0.717) is 5.56 Å². The lowest BCUT2D eigenvalue weighted by atomic mass is 10.0. The van der Waals surface area contributed by atoms with Gasteiger partial charge in [-0.3, -0.25) is 4.79 Å². The van der Waals surface area contributed by atoms with Crippen LogP contribution >= 0.6 is 0 Å². The normalized spacial score (nSPS) is 10.5. The van der Waals surface area contributed by atoms with Gasteiger partial charge in [-0.1, -0.05) is 60.7 Å². The molecule has 0 radical (unpaired) electrons. The molecule has 3 nitrogen and oxygen atoms in total. The van der Waals surface area contributed by atoms with Crippen LogP contribution in [0.5, 0.6) is 0 Å². The van der Waals surface area contributed by atoms with Gasteiger partial charge in [-0.05, 0) is 22.8 Å². The van der Waals surface area contributed by atoms with Crippen molar-refractivity contribution in [3.05, 3.63) is 82.6 Å². The molecule has 0 saturated heterocycles. The Morgan fingerprint density at radius 2 is 1.38 bits per heavy atom. The predicted octanol–water partition coefficient (Wildman–Crippen LogP) is 3.17. The fourth-order valence-corrected chi connectivity index (χ4v) is 2.31. The lowest BCUT2D eigenvalue weighted by Gasteiger charge is -2.05. The van der Waals surface area contributed by atoms with Crippen molar-refractivity contribution in [1.29, 1.82) is 0 Å². The Labute approximate surface area is 123 Å². The summed E-state index contributed by atoms with van der Waals surface area (Å²) >= 11 is 0. The molecule has 21 heavy (non-hydrogen) atoms. The highest BCUT2D eigenvalue weighted by Crippen LogP contribution is 2.23. The van der Waals surface area contributed by atoms with Crippen LogP contribution in [0.2, 0.25) is 0 Å². The van der Waals surface area contributed by atoms with Crippen molar-refractivity contribution in [2.45, 2.75) is 6.54 Å². The molecule has 3 N–H and O–H groups in total. The third-order valence-electron chi connectivity index (χ3n) is 3.51. The molecule has 1 heterocycles. The zero-order valence-corrected chi connectivity index (χ0v) is 11.5. The largest absolute Gasteiger partial charge is 0.326 e. The van der Waals surface area contributed by atoms with Crippen LogP contribution in [0.4, 0.5) is 0 Å². The topological polar surface area (TPSA) is 58.9 Å². The van der Waals surface area contributed by atoms with Gasteiger partial charge in [-0.25, -0.2) is 0 Å². The van der Waals surface area contributed by atoms with E-state index in [1.54, 1.807) is 6.07 Å². The summed E-state index contributed by atoms with van der Waals surface area (Å²) < 4.78 is 0. The summed E-state index contributed by atoms with van der Waals surface area (Å²) in [7, 11) is 0. The number of hydrogen-bond donors (Lipinski definition) is 2. The predicted molar refractivity (Wildman–Crippen MR) is 85.8 cm³/mol. The van der Waals surface area contributed by atoms with E-state index in [1.165, 1.54) is 5.56 Å².